The predicted molar refractivity (Wildman–Crippen MR) is 219 cm³/mol. The molecule has 0 atom stereocenters. The molecule has 0 aliphatic heterocycles. The zero-order valence-corrected chi connectivity index (χ0v) is 29.8. The SMILES string of the molecule is CC(C)(c1ccccc1)c1ccc(O)c(-c2cc(-c3ccccc3)cc(-c3cc(-c4ccccc4)cc(N(c4ccccc4)c4ccccn4)c3)n2)c1. The third-order valence-corrected chi connectivity index (χ3v) is 9.89. The number of aromatic nitrogens is 2. The quantitative estimate of drug-likeness (QED) is 0.164. The van der Waals surface area contributed by atoms with Gasteiger partial charge in [-0.1, -0.05) is 135 Å². The number of hydrogen-bond donors (Lipinski definition) is 1. The highest BCUT2D eigenvalue weighted by Gasteiger charge is 2.25. The Morgan fingerprint density at radius 2 is 1.02 bits per heavy atom. The number of anilines is 3. The first-order chi connectivity index (χ1) is 25.9. The maximum atomic E-state index is 11.5. The largest absolute Gasteiger partial charge is 0.507 e. The predicted octanol–water partition coefficient (Wildman–Crippen LogP) is 12.6. The van der Waals surface area contributed by atoms with Gasteiger partial charge in [0.1, 0.15) is 11.6 Å². The van der Waals surface area contributed by atoms with Gasteiger partial charge in [-0.25, -0.2) is 9.97 Å². The molecule has 2 heterocycles. The second kappa shape index (κ2) is 14.5. The van der Waals surface area contributed by atoms with E-state index in [0.29, 0.717) is 11.3 Å². The van der Waals surface area contributed by atoms with Crippen molar-refractivity contribution >= 4 is 17.2 Å². The highest BCUT2D eigenvalue weighted by atomic mass is 16.3. The summed E-state index contributed by atoms with van der Waals surface area (Å²) in [6, 6.07) is 64.3. The summed E-state index contributed by atoms with van der Waals surface area (Å²) in [6.45, 7) is 4.43. The lowest BCUT2D eigenvalue weighted by Crippen LogP contribution is -2.18. The first-order valence-corrected chi connectivity index (χ1v) is 17.9. The van der Waals surface area contributed by atoms with Gasteiger partial charge in [-0.3, -0.25) is 4.90 Å². The van der Waals surface area contributed by atoms with Crippen LogP contribution in [-0.2, 0) is 5.41 Å². The molecular weight excluding hydrogens is 647 g/mol. The molecule has 53 heavy (non-hydrogen) atoms. The maximum absolute atomic E-state index is 11.5. The number of phenolic OH excluding ortho intramolecular Hbond substituents is 1. The second-order valence-corrected chi connectivity index (χ2v) is 13.7. The van der Waals surface area contributed by atoms with Crippen molar-refractivity contribution in [2.24, 2.45) is 0 Å². The summed E-state index contributed by atoms with van der Waals surface area (Å²) in [5.74, 6) is 0.995. The molecule has 4 nitrogen and oxygen atoms in total. The van der Waals surface area contributed by atoms with Crippen LogP contribution in [0.25, 0.3) is 44.8 Å². The molecule has 0 radical (unpaired) electrons. The number of pyridine rings is 2. The van der Waals surface area contributed by atoms with Gasteiger partial charge in [0.05, 0.1) is 11.4 Å². The maximum Gasteiger partial charge on any atom is 0.137 e. The van der Waals surface area contributed by atoms with E-state index in [-0.39, 0.29) is 11.2 Å². The number of phenols is 1. The molecule has 0 unspecified atom stereocenters. The van der Waals surface area contributed by atoms with Crippen molar-refractivity contribution in [1.29, 1.82) is 0 Å². The molecule has 0 aliphatic carbocycles. The van der Waals surface area contributed by atoms with E-state index in [1.165, 1.54) is 5.56 Å². The first kappa shape index (κ1) is 33.4. The van der Waals surface area contributed by atoms with E-state index in [2.05, 4.69) is 128 Å². The van der Waals surface area contributed by atoms with Crippen molar-refractivity contribution in [3.05, 3.63) is 205 Å². The van der Waals surface area contributed by atoms with Crippen LogP contribution in [0.15, 0.2) is 194 Å². The average Bonchev–Trinajstić information content (AvgIpc) is 3.22. The fraction of sp³-hybridized carbons (Fsp3) is 0.0612. The third-order valence-electron chi connectivity index (χ3n) is 9.89. The number of nitrogens with zero attached hydrogens (tertiary/aromatic N) is 3. The Labute approximate surface area is 311 Å². The molecule has 2 aromatic heterocycles. The molecule has 0 amide bonds. The van der Waals surface area contributed by atoms with Crippen LogP contribution in [0, 0.1) is 0 Å². The van der Waals surface area contributed by atoms with Crippen LogP contribution >= 0.6 is 0 Å². The molecule has 0 aliphatic rings. The van der Waals surface area contributed by atoms with E-state index >= 15 is 0 Å². The van der Waals surface area contributed by atoms with Gasteiger partial charge in [0, 0.05) is 34.1 Å². The standard InChI is InChI=1S/C49H39N3O/c1-49(2,40-21-11-5-12-22-40)41-26-27-47(53)44(34-41)46-33-38(36-19-9-4-10-20-36)32-45(51-46)39-29-37(35-17-7-3-8-18-35)30-43(31-39)52(42-23-13-6-14-24-42)48-25-15-16-28-50-48/h3-34,53H,1-2H3. The lowest BCUT2D eigenvalue weighted by Gasteiger charge is -2.27. The molecule has 8 aromatic rings. The molecule has 0 saturated heterocycles. The number of rotatable bonds is 9. The van der Waals surface area contributed by atoms with Crippen molar-refractivity contribution in [1.82, 2.24) is 9.97 Å². The molecule has 0 bridgehead atoms. The summed E-state index contributed by atoms with van der Waals surface area (Å²) < 4.78 is 0. The van der Waals surface area contributed by atoms with Crippen molar-refractivity contribution in [2.45, 2.75) is 19.3 Å². The summed E-state index contributed by atoms with van der Waals surface area (Å²) in [7, 11) is 0. The van der Waals surface area contributed by atoms with Crippen LogP contribution in [0.4, 0.5) is 17.2 Å². The smallest absolute Gasteiger partial charge is 0.137 e. The van der Waals surface area contributed by atoms with E-state index in [1.807, 2.05) is 79.0 Å². The van der Waals surface area contributed by atoms with Crippen molar-refractivity contribution < 1.29 is 5.11 Å². The fourth-order valence-electron chi connectivity index (χ4n) is 6.93. The Bertz CT molecular complexity index is 2430. The number of para-hydroxylation sites is 1. The minimum atomic E-state index is -0.297. The molecule has 256 valence electrons. The Morgan fingerprint density at radius 1 is 0.453 bits per heavy atom. The van der Waals surface area contributed by atoms with Crippen LogP contribution in [0.3, 0.4) is 0 Å². The highest BCUT2D eigenvalue weighted by Crippen LogP contribution is 2.42. The van der Waals surface area contributed by atoms with Gasteiger partial charge < -0.3 is 5.11 Å². The van der Waals surface area contributed by atoms with E-state index in [9.17, 15) is 5.11 Å². The molecule has 4 heteroatoms. The zero-order chi connectivity index (χ0) is 36.2. The van der Waals surface area contributed by atoms with E-state index in [1.54, 1.807) is 6.07 Å². The topological polar surface area (TPSA) is 49.2 Å². The van der Waals surface area contributed by atoms with Crippen LogP contribution in [0.2, 0.25) is 0 Å². The minimum absolute atomic E-state index is 0.186. The number of aromatic hydroxyl groups is 1. The van der Waals surface area contributed by atoms with Crippen molar-refractivity contribution in [2.75, 3.05) is 4.90 Å². The molecule has 8 rings (SSSR count). The van der Waals surface area contributed by atoms with Gasteiger partial charge in [-0.2, -0.15) is 0 Å². The van der Waals surface area contributed by atoms with Gasteiger partial charge in [-0.15, -0.1) is 0 Å². The summed E-state index contributed by atoms with van der Waals surface area (Å²) in [6.07, 6.45) is 1.82. The Kier molecular flexibility index (Phi) is 9.10. The summed E-state index contributed by atoms with van der Waals surface area (Å²) in [5, 5.41) is 11.5. The van der Waals surface area contributed by atoms with Gasteiger partial charge in [0.25, 0.3) is 0 Å². The number of hydrogen-bond acceptors (Lipinski definition) is 4. The van der Waals surface area contributed by atoms with Gasteiger partial charge >= 0.3 is 0 Å². The zero-order valence-electron chi connectivity index (χ0n) is 29.8. The van der Waals surface area contributed by atoms with Crippen molar-refractivity contribution in [3.63, 3.8) is 0 Å². The highest BCUT2D eigenvalue weighted by molar-refractivity contribution is 5.85. The number of benzene rings is 6. The summed E-state index contributed by atoms with van der Waals surface area (Å²) in [4.78, 5) is 12.3. The normalized spacial score (nSPS) is 11.3. The third kappa shape index (κ3) is 6.95. The summed E-state index contributed by atoms with van der Waals surface area (Å²) in [5.41, 5.74) is 11.3. The Balaban J connectivity index is 1.35. The monoisotopic (exact) mass is 685 g/mol. The molecule has 0 saturated carbocycles. The van der Waals surface area contributed by atoms with Crippen LogP contribution in [-0.4, -0.2) is 15.1 Å². The van der Waals surface area contributed by atoms with Crippen LogP contribution in [0.1, 0.15) is 25.0 Å². The van der Waals surface area contributed by atoms with E-state index in [0.717, 1.165) is 56.3 Å². The van der Waals surface area contributed by atoms with Crippen LogP contribution in [0.5, 0.6) is 5.75 Å². The van der Waals surface area contributed by atoms with E-state index < -0.39 is 0 Å². The Morgan fingerprint density at radius 3 is 1.66 bits per heavy atom. The lowest BCUT2D eigenvalue weighted by molar-refractivity contribution is 0.476. The van der Waals surface area contributed by atoms with Gasteiger partial charge in [0.15, 0.2) is 0 Å². The second-order valence-electron chi connectivity index (χ2n) is 13.7. The Hall–Kier alpha value is -6.78. The minimum Gasteiger partial charge on any atom is -0.507 e. The van der Waals surface area contributed by atoms with Crippen molar-refractivity contribution in [3.8, 4) is 50.5 Å². The molecule has 6 aromatic carbocycles. The molecule has 1 N–H and O–H groups in total. The van der Waals surface area contributed by atoms with Gasteiger partial charge in [-0.05, 0) is 100 Å². The van der Waals surface area contributed by atoms with Crippen LogP contribution < -0.4 is 4.90 Å². The summed E-state index contributed by atoms with van der Waals surface area (Å²) >= 11 is 0. The fourth-order valence-corrected chi connectivity index (χ4v) is 6.93. The van der Waals surface area contributed by atoms with E-state index in [4.69, 9.17) is 9.97 Å². The first-order valence-electron chi connectivity index (χ1n) is 17.9. The molecule has 0 fully saturated rings. The molecular formula is C49H39N3O. The lowest BCUT2D eigenvalue weighted by atomic mass is 9.77. The van der Waals surface area contributed by atoms with Gasteiger partial charge in [0.2, 0.25) is 0 Å². The average molecular weight is 686 g/mol. The molecule has 0 spiro atoms.